The number of hydrogen-bond donors (Lipinski definition) is 0. The van der Waals surface area contributed by atoms with E-state index in [1.165, 1.54) is 0 Å². The predicted octanol–water partition coefficient (Wildman–Crippen LogP) is 0.700. The van der Waals surface area contributed by atoms with Gasteiger partial charge in [-0.1, -0.05) is 0 Å². The van der Waals surface area contributed by atoms with Crippen LogP contribution in [0.15, 0.2) is 23.3 Å². The molecule has 0 aromatic carbocycles. The van der Waals surface area contributed by atoms with Crippen LogP contribution in [0.25, 0.3) is 0 Å². The first-order valence-electron chi connectivity index (χ1n) is 2.39. The minimum Gasteiger partial charge on any atom is -0.504 e. The lowest BCUT2D eigenvalue weighted by Crippen LogP contribution is -2.27. The topological polar surface area (TPSA) is 16.7 Å². The maximum absolute atomic E-state index is 3.86. The summed E-state index contributed by atoms with van der Waals surface area (Å²) in [5.74, 6) is 0. The quantitative estimate of drug-likeness (QED) is 0.364. The van der Waals surface area contributed by atoms with Gasteiger partial charge in [0.1, 0.15) is 0 Å². The molecule has 0 fully saturated rings. The molecule has 1 rings (SSSR count). The lowest BCUT2D eigenvalue weighted by molar-refractivity contribution is -0.696. The molecule has 1 aromatic heterocycles. The van der Waals surface area contributed by atoms with Gasteiger partial charge in [0.05, 0.1) is 0 Å². The Morgan fingerprint density at radius 3 is 2.86 bits per heavy atom. The number of nitrogens with zero attached hydrogens (tertiary/aromatic N) is 1. The summed E-state index contributed by atoms with van der Waals surface area (Å²) >= 11 is 0. The normalized spacial score (nSPS) is 9.29. The number of aromatic nitrogens is 1. The molecule has 0 spiro atoms. The van der Waals surface area contributed by atoms with Crippen molar-refractivity contribution in [2.45, 2.75) is 13.5 Å². The van der Waals surface area contributed by atoms with E-state index in [-0.39, 0.29) is 0 Å². The lowest BCUT2D eigenvalue weighted by Gasteiger charge is -1.69. The zero-order valence-electron chi connectivity index (χ0n) is 4.33. The third-order valence-electron chi connectivity index (χ3n) is 0.924. The van der Waals surface area contributed by atoms with Crippen molar-refractivity contribution < 1.29 is 8.98 Å². The molecule has 0 saturated heterocycles. The molecule has 0 amide bonds. The Kier molecular flexibility index (Phi) is 1.11. The first-order valence-corrected chi connectivity index (χ1v) is 2.39. The summed E-state index contributed by atoms with van der Waals surface area (Å²) < 4.78 is 5.87. The summed E-state index contributed by atoms with van der Waals surface area (Å²) in [4.78, 5) is 0. The van der Waals surface area contributed by atoms with Crippen LogP contribution in [-0.4, -0.2) is 0 Å². The van der Waals surface area contributed by atoms with E-state index in [2.05, 4.69) is 11.3 Å². The van der Waals surface area contributed by atoms with Crippen LogP contribution < -0.4 is 4.57 Å². The molecule has 0 aliphatic heterocycles. The first-order chi connectivity index (χ1) is 3.43. The second kappa shape index (κ2) is 1.78. The van der Waals surface area contributed by atoms with Crippen molar-refractivity contribution in [2.24, 2.45) is 0 Å². The van der Waals surface area contributed by atoms with E-state index in [0.717, 1.165) is 6.54 Å². The van der Waals surface area contributed by atoms with Gasteiger partial charge in [-0.25, -0.2) is 0 Å². The van der Waals surface area contributed by atoms with Gasteiger partial charge < -0.3 is 4.42 Å². The average molecular weight is 99.1 g/mol. The highest BCUT2D eigenvalue weighted by Gasteiger charge is 1.96. The zero-order valence-corrected chi connectivity index (χ0v) is 4.33. The van der Waals surface area contributed by atoms with Crippen molar-refractivity contribution in [1.29, 1.82) is 0 Å². The fourth-order valence-electron chi connectivity index (χ4n) is 0.474. The molecule has 0 aliphatic rings. The summed E-state index contributed by atoms with van der Waals surface area (Å²) in [5.41, 5.74) is 0. The fraction of sp³-hybridized carbons (Fsp3) is 0.400. The van der Waals surface area contributed by atoms with Crippen LogP contribution in [-0.2, 0) is 6.54 Å². The van der Waals surface area contributed by atoms with Gasteiger partial charge in [0, 0.05) is 0 Å². The third-order valence-corrected chi connectivity index (χ3v) is 0.924. The summed E-state index contributed by atoms with van der Waals surface area (Å²) in [5, 5.41) is 0. The van der Waals surface area contributed by atoms with E-state index in [1.807, 2.05) is 10.8 Å². The van der Waals surface area contributed by atoms with Crippen molar-refractivity contribution in [3.05, 3.63) is 18.9 Å². The van der Waals surface area contributed by atoms with Gasteiger partial charge in [-0.2, -0.15) is 0 Å². The van der Waals surface area contributed by atoms with E-state index in [9.17, 15) is 0 Å². The SMILES string of the molecule is CC[n+]1cc[oH+]c1. The van der Waals surface area contributed by atoms with Gasteiger partial charge in [0.25, 0.3) is 12.5 Å². The van der Waals surface area contributed by atoms with Gasteiger partial charge in [0.2, 0.25) is 0 Å². The van der Waals surface area contributed by atoms with Crippen LogP contribution in [0.3, 0.4) is 0 Å². The molecule has 0 saturated carbocycles. The number of aryl methyl sites for hydroxylation is 1. The maximum atomic E-state index is 3.86. The molecule has 1 N–H and O–H groups in total. The minimum absolute atomic E-state index is 1.01. The Bertz CT molecular complexity index is 123. The molecule has 0 aliphatic carbocycles. The van der Waals surface area contributed by atoms with Crippen LogP contribution in [0.1, 0.15) is 6.92 Å². The molecule has 1 heterocycles. The largest absolute Gasteiger partial charge is 0.504 e. The highest BCUT2D eigenvalue weighted by atomic mass is 16.3. The average Bonchev–Trinajstić information content (AvgIpc) is 2.14. The molecule has 0 bridgehead atoms. The standard InChI is InChI=1S/C5H8NO/c1-2-6-3-4-7-5-6/h3-5H,2H2,1H3/q+1/p+1. The van der Waals surface area contributed by atoms with E-state index < -0.39 is 0 Å². The van der Waals surface area contributed by atoms with Crippen molar-refractivity contribution in [1.82, 2.24) is 0 Å². The molecule has 0 unspecified atom stereocenters. The molecule has 38 valence electrons. The van der Waals surface area contributed by atoms with E-state index in [1.54, 1.807) is 12.7 Å². The third kappa shape index (κ3) is 0.796. The van der Waals surface area contributed by atoms with Gasteiger partial charge >= 0.3 is 6.39 Å². The van der Waals surface area contributed by atoms with Crippen LogP contribution in [0.4, 0.5) is 0 Å². The number of oxazole rings is 1. The van der Waals surface area contributed by atoms with Crippen LogP contribution >= 0.6 is 0 Å². The van der Waals surface area contributed by atoms with Gasteiger partial charge in [-0.3, -0.25) is 0 Å². The maximum Gasteiger partial charge on any atom is 0.471 e. The number of rotatable bonds is 1. The Morgan fingerprint density at radius 1 is 1.71 bits per heavy atom. The van der Waals surface area contributed by atoms with Gasteiger partial charge in [0.15, 0.2) is 6.54 Å². The van der Waals surface area contributed by atoms with Crippen molar-refractivity contribution in [3.8, 4) is 0 Å². The van der Waals surface area contributed by atoms with Gasteiger partial charge in [-0.15, -0.1) is 4.57 Å². The molecule has 2 heteroatoms. The number of hydrogen-bond acceptors (Lipinski definition) is 0. The molecule has 1 aromatic rings. The smallest absolute Gasteiger partial charge is 0.471 e. The van der Waals surface area contributed by atoms with Crippen molar-refractivity contribution in [2.75, 3.05) is 0 Å². The van der Waals surface area contributed by atoms with Crippen LogP contribution in [0.2, 0.25) is 0 Å². The monoisotopic (exact) mass is 99.1 g/mol. The van der Waals surface area contributed by atoms with E-state index in [0.29, 0.717) is 0 Å². The Morgan fingerprint density at radius 2 is 2.57 bits per heavy atom. The highest BCUT2D eigenvalue weighted by molar-refractivity contribution is 4.45. The Labute approximate surface area is 42.4 Å². The highest BCUT2D eigenvalue weighted by Crippen LogP contribution is 1.73. The lowest BCUT2D eigenvalue weighted by atomic mass is 10.7. The summed E-state index contributed by atoms with van der Waals surface area (Å²) in [6.45, 7) is 3.10. The van der Waals surface area contributed by atoms with E-state index >= 15 is 0 Å². The van der Waals surface area contributed by atoms with Crippen molar-refractivity contribution in [3.63, 3.8) is 0 Å². The summed E-state index contributed by atoms with van der Waals surface area (Å²) in [6, 6.07) is 0. The zero-order chi connectivity index (χ0) is 5.11. The fourth-order valence-corrected chi connectivity index (χ4v) is 0.474. The van der Waals surface area contributed by atoms with Crippen LogP contribution in [0.5, 0.6) is 0 Å². The molecule has 2 nitrogen and oxygen atoms in total. The first kappa shape index (κ1) is 4.37. The molecule has 7 heavy (non-hydrogen) atoms. The van der Waals surface area contributed by atoms with Gasteiger partial charge in [-0.05, 0) is 6.92 Å². The minimum atomic E-state index is 1.01. The molecule has 0 radical (unpaired) electrons. The molecule has 0 atom stereocenters. The van der Waals surface area contributed by atoms with E-state index in [4.69, 9.17) is 0 Å². The Balaban J connectivity index is 2.76. The summed E-state index contributed by atoms with van der Waals surface area (Å²) in [6.07, 6.45) is 5.53. The molecular weight excluding hydrogens is 90.1 g/mol. The predicted molar refractivity (Wildman–Crippen MR) is 25.7 cm³/mol. The second-order valence-electron chi connectivity index (χ2n) is 1.39. The molecular formula is C5H9NO+2. The summed E-state index contributed by atoms with van der Waals surface area (Å²) in [7, 11) is 0. The Hall–Kier alpha value is -0.790. The second-order valence-corrected chi connectivity index (χ2v) is 1.39. The van der Waals surface area contributed by atoms with Crippen molar-refractivity contribution >= 4 is 0 Å². The van der Waals surface area contributed by atoms with Crippen LogP contribution in [0, 0.1) is 0 Å².